The van der Waals surface area contributed by atoms with E-state index in [1.165, 1.54) is 0 Å². The van der Waals surface area contributed by atoms with E-state index in [4.69, 9.17) is 12.2 Å². The predicted octanol–water partition coefficient (Wildman–Crippen LogP) is 1.91. The molecule has 0 aliphatic carbocycles. The Kier molecular flexibility index (Phi) is 2.56. The zero-order chi connectivity index (χ0) is 9.84. The van der Waals surface area contributed by atoms with E-state index in [0.29, 0.717) is 17.1 Å². The van der Waals surface area contributed by atoms with Gasteiger partial charge in [0.15, 0.2) is 0 Å². The van der Waals surface area contributed by atoms with E-state index >= 15 is 0 Å². The summed E-state index contributed by atoms with van der Waals surface area (Å²) in [6, 6.07) is 5.90. The highest BCUT2D eigenvalue weighted by Crippen LogP contribution is 2.29. The minimum Gasteiger partial charge on any atom is -0.398 e. The lowest BCUT2D eigenvalue weighted by Gasteiger charge is -2.07. The van der Waals surface area contributed by atoms with Gasteiger partial charge in [0.1, 0.15) is 0 Å². The molecule has 3 N–H and O–H groups in total. The summed E-state index contributed by atoms with van der Waals surface area (Å²) in [5, 5.41) is 2.71. The molecule has 0 radical (unpaired) electrons. The highest BCUT2D eigenvalue weighted by molar-refractivity contribution is 5.75. The second kappa shape index (κ2) is 3.63. The number of terminal acetylenes is 1. The third-order valence-electron chi connectivity index (χ3n) is 1.76. The monoisotopic (exact) mass is 173 g/mol. The molecule has 3 nitrogen and oxygen atoms in total. The largest absolute Gasteiger partial charge is 0.398 e. The van der Waals surface area contributed by atoms with E-state index < -0.39 is 0 Å². The van der Waals surface area contributed by atoms with Gasteiger partial charge in [0.2, 0.25) is 0 Å². The van der Waals surface area contributed by atoms with Crippen LogP contribution in [0, 0.1) is 19.4 Å². The van der Waals surface area contributed by atoms with Crippen LogP contribution in [0.1, 0.15) is 5.56 Å². The average Bonchev–Trinajstić information content (AvgIpc) is 2.11. The van der Waals surface area contributed by atoms with Gasteiger partial charge in [-0.3, -0.25) is 4.99 Å². The van der Waals surface area contributed by atoms with Gasteiger partial charge in [-0.05, 0) is 31.3 Å². The van der Waals surface area contributed by atoms with Gasteiger partial charge in [0.25, 0.3) is 0 Å². The third kappa shape index (κ3) is 1.79. The Hall–Kier alpha value is -1.95. The molecule has 0 aromatic heterocycles. The van der Waals surface area contributed by atoms with Crippen LogP contribution in [0.3, 0.4) is 0 Å². The molecule has 0 atom stereocenters. The van der Waals surface area contributed by atoms with Crippen LogP contribution in [0.2, 0.25) is 0 Å². The topological polar surface area (TPSA) is 50.4 Å². The summed E-state index contributed by atoms with van der Waals surface area (Å²) >= 11 is 0. The van der Waals surface area contributed by atoms with Crippen molar-refractivity contribution in [2.24, 2.45) is 4.99 Å². The number of aliphatic imine (C=N–C) groups is 1. The van der Waals surface area contributed by atoms with Crippen molar-refractivity contribution in [1.29, 1.82) is 0 Å². The van der Waals surface area contributed by atoms with E-state index in [1.54, 1.807) is 6.07 Å². The van der Waals surface area contributed by atoms with Crippen LogP contribution in [0.4, 0.5) is 17.1 Å². The zero-order valence-electron chi connectivity index (χ0n) is 7.46. The second-order valence-electron chi connectivity index (χ2n) is 2.65. The first-order valence-electron chi connectivity index (χ1n) is 3.77. The first-order chi connectivity index (χ1) is 6.19. The Bertz CT molecular complexity index is 374. The van der Waals surface area contributed by atoms with Crippen LogP contribution in [0.5, 0.6) is 0 Å². The molecule has 1 aromatic rings. The number of hydrogen-bond acceptors (Lipinski definition) is 3. The summed E-state index contributed by atoms with van der Waals surface area (Å²) in [6.45, 7) is 5.35. The minimum atomic E-state index is 0.685. The Morgan fingerprint density at radius 2 is 2.31 bits per heavy atom. The Balaban J connectivity index is 3.26. The maximum Gasteiger partial charge on any atom is 0.0867 e. The molecule has 0 heterocycles. The second-order valence-corrected chi connectivity index (χ2v) is 2.65. The quantitative estimate of drug-likeness (QED) is 0.310. The molecule has 0 saturated heterocycles. The molecular weight excluding hydrogens is 162 g/mol. The van der Waals surface area contributed by atoms with E-state index in [9.17, 15) is 0 Å². The van der Waals surface area contributed by atoms with Crippen molar-refractivity contribution in [3.63, 3.8) is 0 Å². The van der Waals surface area contributed by atoms with Gasteiger partial charge >= 0.3 is 0 Å². The van der Waals surface area contributed by atoms with Gasteiger partial charge in [-0.25, -0.2) is 0 Å². The van der Waals surface area contributed by atoms with E-state index in [0.717, 1.165) is 5.56 Å². The normalized spacial score (nSPS) is 8.92. The number of anilines is 2. The van der Waals surface area contributed by atoms with Crippen LogP contribution in [-0.4, -0.2) is 6.72 Å². The first-order valence-corrected chi connectivity index (χ1v) is 3.77. The molecule has 0 unspecified atom stereocenters. The maximum absolute atomic E-state index is 5.70. The Morgan fingerprint density at radius 1 is 1.62 bits per heavy atom. The van der Waals surface area contributed by atoms with Crippen LogP contribution in [0.25, 0.3) is 0 Å². The number of rotatable bonds is 2. The van der Waals surface area contributed by atoms with Gasteiger partial charge in [-0.2, -0.15) is 0 Å². The van der Waals surface area contributed by atoms with Gasteiger partial charge in [-0.15, -0.1) is 0 Å². The zero-order valence-corrected chi connectivity index (χ0v) is 7.46. The number of benzene rings is 1. The summed E-state index contributed by atoms with van der Waals surface area (Å²) in [4.78, 5) is 3.83. The summed E-state index contributed by atoms with van der Waals surface area (Å²) in [6.07, 6.45) is 5.11. The van der Waals surface area contributed by atoms with Crippen LogP contribution >= 0.6 is 0 Å². The lowest BCUT2D eigenvalue weighted by Crippen LogP contribution is -1.94. The Labute approximate surface area is 77.7 Å². The van der Waals surface area contributed by atoms with Crippen molar-refractivity contribution < 1.29 is 0 Å². The van der Waals surface area contributed by atoms with Crippen LogP contribution < -0.4 is 11.1 Å². The lowest BCUT2D eigenvalue weighted by molar-refractivity contribution is 1.43. The maximum atomic E-state index is 5.70. The summed E-state index contributed by atoms with van der Waals surface area (Å²) in [7, 11) is 0. The number of hydrogen-bond donors (Lipinski definition) is 2. The molecule has 1 rings (SSSR count). The fourth-order valence-electron chi connectivity index (χ4n) is 1.02. The molecule has 1 aromatic carbocycles. The molecule has 0 aliphatic heterocycles. The average molecular weight is 173 g/mol. The molecule has 0 saturated carbocycles. The standard InChI is InChI=1S/C10H11N3/c1-4-13-10-6-8(11)7(2)5-9(10)12-3/h1,5-6,13H,3,11H2,2H3. The number of nitrogen functional groups attached to an aromatic ring is 1. The van der Waals surface area contributed by atoms with Gasteiger partial charge in [-0.1, -0.05) is 6.42 Å². The number of nitrogens with one attached hydrogen (secondary N) is 1. The number of nitrogens with two attached hydrogens (primary N) is 1. The van der Waals surface area contributed by atoms with Crippen molar-refractivity contribution in [1.82, 2.24) is 0 Å². The SMILES string of the molecule is C#CNc1cc(N)c(C)cc1N=C. The van der Waals surface area contributed by atoms with Crippen LogP contribution in [0.15, 0.2) is 17.1 Å². The van der Waals surface area contributed by atoms with Gasteiger partial charge in [0.05, 0.1) is 11.4 Å². The van der Waals surface area contributed by atoms with Crippen molar-refractivity contribution in [3.8, 4) is 12.5 Å². The van der Waals surface area contributed by atoms with Crippen LogP contribution in [-0.2, 0) is 0 Å². The molecule has 0 spiro atoms. The number of nitrogens with zero attached hydrogens (tertiary/aromatic N) is 1. The highest BCUT2D eigenvalue weighted by atomic mass is 14.9. The molecule has 13 heavy (non-hydrogen) atoms. The first kappa shape index (κ1) is 9.14. The number of aryl methyl sites for hydroxylation is 1. The van der Waals surface area contributed by atoms with Crippen molar-refractivity contribution in [2.75, 3.05) is 11.1 Å². The predicted molar refractivity (Wildman–Crippen MR) is 57.3 cm³/mol. The van der Waals surface area contributed by atoms with E-state index in [1.807, 2.05) is 13.0 Å². The summed E-state index contributed by atoms with van der Waals surface area (Å²) in [5.74, 6) is 0. The third-order valence-corrected chi connectivity index (χ3v) is 1.76. The van der Waals surface area contributed by atoms with Crippen molar-refractivity contribution in [2.45, 2.75) is 6.92 Å². The lowest BCUT2D eigenvalue weighted by atomic mass is 10.1. The fraction of sp³-hybridized carbons (Fsp3) is 0.100. The van der Waals surface area contributed by atoms with E-state index in [2.05, 4.69) is 23.1 Å². The molecular formula is C10H11N3. The fourth-order valence-corrected chi connectivity index (χ4v) is 1.02. The van der Waals surface area contributed by atoms with E-state index in [-0.39, 0.29) is 0 Å². The minimum absolute atomic E-state index is 0.685. The Morgan fingerprint density at radius 3 is 2.85 bits per heavy atom. The molecule has 0 amide bonds. The molecule has 0 bridgehead atoms. The molecule has 3 heteroatoms. The molecule has 66 valence electrons. The van der Waals surface area contributed by atoms with Crippen molar-refractivity contribution in [3.05, 3.63) is 17.7 Å². The van der Waals surface area contributed by atoms with Crippen molar-refractivity contribution >= 4 is 23.8 Å². The summed E-state index contributed by atoms with van der Waals surface area (Å²) in [5.41, 5.74) is 8.77. The summed E-state index contributed by atoms with van der Waals surface area (Å²) < 4.78 is 0. The van der Waals surface area contributed by atoms with Gasteiger partial charge in [0, 0.05) is 11.7 Å². The molecule has 0 fully saturated rings. The van der Waals surface area contributed by atoms with Gasteiger partial charge < -0.3 is 11.1 Å². The molecule has 0 aliphatic rings. The smallest absolute Gasteiger partial charge is 0.0867 e. The highest BCUT2D eigenvalue weighted by Gasteiger charge is 2.02.